The lowest BCUT2D eigenvalue weighted by molar-refractivity contribution is 0.0577. The maximum Gasteiger partial charge on any atom is 0.0495 e. The molecule has 0 aromatic rings. The Balaban J connectivity index is 2.00. The normalized spacial score (nSPS) is 18.9. The van der Waals surface area contributed by atoms with Crippen LogP contribution in [-0.2, 0) is 4.74 Å². The number of ether oxygens (including phenoxy) is 1. The number of likely N-dealkylation sites (tertiary alicyclic amines) is 1. The van der Waals surface area contributed by atoms with Gasteiger partial charge < -0.3 is 15.0 Å². The second-order valence-corrected chi connectivity index (χ2v) is 7.82. The number of nitrogens with zero attached hydrogens (tertiary/aromatic N) is 1. The molecule has 1 aliphatic rings. The van der Waals surface area contributed by atoms with Gasteiger partial charge in [-0.3, -0.25) is 0 Å². The highest BCUT2D eigenvalue weighted by Gasteiger charge is 2.22. The van der Waals surface area contributed by atoms with Crippen molar-refractivity contribution in [2.45, 2.75) is 59.9 Å². The lowest BCUT2D eigenvalue weighted by Crippen LogP contribution is -2.39. The van der Waals surface area contributed by atoms with E-state index in [0.29, 0.717) is 11.5 Å². The summed E-state index contributed by atoms with van der Waals surface area (Å²) in [6, 6.07) is 0.585. The molecule has 1 saturated heterocycles. The molecule has 0 aliphatic carbocycles. The Morgan fingerprint density at radius 2 is 1.85 bits per heavy atom. The smallest absolute Gasteiger partial charge is 0.0495 e. The van der Waals surface area contributed by atoms with Crippen LogP contribution in [0.15, 0.2) is 0 Å². The number of nitrogens with one attached hydrogen (secondary N) is 1. The molecule has 0 unspecified atom stereocenters. The second-order valence-electron chi connectivity index (χ2n) is 7.82. The molecule has 0 aromatic carbocycles. The van der Waals surface area contributed by atoms with Crippen molar-refractivity contribution in [1.82, 2.24) is 10.2 Å². The van der Waals surface area contributed by atoms with Gasteiger partial charge in [-0.1, -0.05) is 34.6 Å². The molecule has 1 heterocycles. The highest BCUT2D eigenvalue weighted by molar-refractivity contribution is 4.76. The molecule has 0 spiro atoms. The summed E-state index contributed by atoms with van der Waals surface area (Å²) in [6.45, 7) is 18.0. The van der Waals surface area contributed by atoms with Gasteiger partial charge in [0.2, 0.25) is 0 Å². The Bertz CT molecular complexity index is 240. The van der Waals surface area contributed by atoms with Crippen molar-refractivity contribution in [3.8, 4) is 0 Å². The second kappa shape index (κ2) is 9.01. The third-order valence-corrected chi connectivity index (χ3v) is 3.78. The van der Waals surface area contributed by atoms with Crippen LogP contribution in [0, 0.1) is 11.3 Å². The molecule has 0 radical (unpaired) electrons. The fourth-order valence-electron chi connectivity index (χ4n) is 2.80. The Labute approximate surface area is 126 Å². The molecule has 1 rings (SSSR count). The monoisotopic (exact) mass is 284 g/mol. The van der Waals surface area contributed by atoms with Gasteiger partial charge in [-0.15, -0.1) is 0 Å². The third kappa shape index (κ3) is 8.93. The third-order valence-electron chi connectivity index (χ3n) is 3.78. The summed E-state index contributed by atoms with van der Waals surface area (Å²) in [5.74, 6) is 0.782. The zero-order valence-electron chi connectivity index (χ0n) is 14.4. The van der Waals surface area contributed by atoms with Gasteiger partial charge in [0.1, 0.15) is 0 Å². The molecular formula is C17H36N2O. The van der Waals surface area contributed by atoms with Crippen LogP contribution in [0.1, 0.15) is 53.9 Å². The maximum absolute atomic E-state index is 5.83. The predicted octanol–water partition coefficient (Wildman–Crippen LogP) is 3.15. The summed E-state index contributed by atoms with van der Waals surface area (Å²) in [4.78, 5) is 2.61. The molecule has 0 saturated carbocycles. The van der Waals surface area contributed by atoms with Crippen molar-refractivity contribution >= 4 is 0 Å². The molecular weight excluding hydrogens is 248 g/mol. The van der Waals surface area contributed by atoms with E-state index in [0.717, 1.165) is 32.1 Å². The van der Waals surface area contributed by atoms with Crippen LogP contribution < -0.4 is 5.32 Å². The number of hydrogen-bond donors (Lipinski definition) is 1. The first-order valence-electron chi connectivity index (χ1n) is 8.40. The van der Waals surface area contributed by atoms with Gasteiger partial charge in [-0.25, -0.2) is 0 Å². The Morgan fingerprint density at radius 3 is 2.40 bits per heavy atom. The summed E-state index contributed by atoms with van der Waals surface area (Å²) in [5, 5.41) is 3.42. The van der Waals surface area contributed by atoms with E-state index in [1.807, 2.05) is 0 Å². The number of piperidine rings is 1. The Morgan fingerprint density at radius 1 is 1.20 bits per heavy atom. The fraction of sp³-hybridized carbons (Fsp3) is 1.00. The van der Waals surface area contributed by atoms with Crippen LogP contribution in [-0.4, -0.2) is 50.3 Å². The van der Waals surface area contributed by atoms with Crippen LogP contribution in [0.2, 0.25) is 0 Å². The number of hydrogen-bond acceptors (Lipinski definition) is 3. The minimum atomic E-state index is 0.423. The molecule has 0 aromatic heterocycles. The van der Waals surface area contributed by atoms with Crippen molar-refractivity contribution < 1.29 is 4.74 Å². The largest absolute Gasteiger partial charge is 0.381 e. The van der Waals surface area contributed by atoms with E-state index in [2.05, 4.69) is 44.8 Å². The molecule has 0 bridgehead atoms. The minimum absolute atomic E-state index is 0.423. The van der Waals surface area contributed by atoms with Gasteiger partial charge in [-0.2, -0.15) is 0 Å². The summed E-state index contributed by atoms with van der Waals surface area (Å²) < 4.78 is 5.83. The summed E-state index contributed by atoms with van der Waals surface area (Å²) in [5.41, 5.74) is 0.423. The van der Waals surface area contributed by atoms with Gasteiger partial charge in [0, 0.05) is 25.8 Å². The standard InChI is InChI=1S/C17H36N2O/c1-15(2)18-9-6-12-20-13-16-7-10-19(11-8-16)14-17(3,4)5/h15-16,18H,6-14H2,1-5H3. The summed E-state index contributed by atoms with van der Waals surface area (Å²) in [6.07, 6.45) is 3.74. The molecule has 0 amide bonds. The van der Waals surface area contributed by atoms with E-state index in [-0.39, 0.29) is 0 Å². The maximum atomic E-state index is 5.83. The first kappa shape index (κ1) is 17.9. The van der Waals surface area contributed by atoms with Crippen molar-refractivity contribution in [2.75, 3.05) is 39.4 Å². The Hall–Kier alpha value is -0.120. The molecule has 1 fully saturated rings. The number of rotatable bonds is 8. The van der Waals surface area contributed by atoms with E-state index in [9.17, 15) is 0 Å². The molecule has 0 atom stereocenters. The zero-order valence-corrected chi connectivity index (χ0v) is 14.4. The molecule has 1 aliphatic heterocycles. The van der Waals surface area contributed by atoms with E-state index in [4.69, 9.17) is 4.74 Å². The molecule has 3 heteroatoms. The van der Waals surface area contributed by atoms with E-state index < -0.39 is 0 Å². The molecule has 3 nitrogen and oxygen atoms in total. The van der Waals surface area contributed by atoms with Gasteiger partial charge in [0.15, 0.2) is 0 Å². The average Bonchev–Trinajstić information content (AvgIpc) is 2.33. The highest BCUT2D eigenvalue weighted by Crippen LogP contribution is 2.22. The summed E-state index contributed by atoms with van der Waals surface area (Å²) >= 11 is 0. The van der Waals surface area contributed by atoms with Crippen molar-refractivity contribution in [1.29, 1.82) is 0 Å². The molecule has 120 valence electrons. The van der Waals surface area contributed by atoms with Crippen LogP contribution in [0.25, 0.3) is 0 Å². The van der Waals surface area contributed by atoms with E-state index in [1.165, 1.54) is 32.5 Å². The van der Waals surface area contributed by atoms with Gasteiger partial charge in [-0.05, 0) is 50.2 Å². The van der Waals surface area contributed by atoms with Crippen LogP contribution >= 0.6 is 0 Å². The lowest BCUT2D eigenvalue weighted by atomic mass is 9.92. The van der Waals surface area contributed by atoms with Crippen molar-refractivity contribution in [2.24, 2.45) is 11.3 Å². The van der Waals surface area contributed by atoms with E-state index >= 15 is 0 Å². The summed E-state index contributed by atoms with van der Waals surface area (Å²) in [7, 11) is 0. The van der Waals surface area contributed by atoms with Gasteiger partial charge >= 0.3 is 0 Å². The van der Waals surface area contributed by atoms with Crippen molar-refractivity contribution in [3.05, 3.63) is 0 Å². The Kier molecular flexibility index (Phi) is 8.08. The first-order valence-corrected chi connectivity index (χ1v) is 8.40. The van der Waals surface area contributed by atoms with Crippen molar-refractivity contribution in [3.63, 3.8) is 0 Å². The average molecular weight is 284 g/mol. The fourth-order valence-corrected chi connectivity index (χ4v) is 2.80. The van der Waals surface area contributed by atoms with Crippen LogP contribution in [0.4, 0.5) is 0 Å². The van der Waals surface area contributed by atoms with E-state index in [1.54, 1.807) is 0 Å². The van der Waals surface area contributed by atoms with Crippen LogP contribution in [0.5, 0.6) is 0 Å². The quantitative estimate of drug-likeness (QED) is 0.693. The highest BCUT2D eigenvalue weighted by atomic mass is 16.5. The van der Waals surface area contributed by atoms with Crippen LogP contribution in [0.3, 0.4) is 0 Å². The predicted molar refractivity (Wildman–Crippen MR) is 87.2 cm³/mol. The zero-order chi connectivity index (χ0) is 15.0. The molecule has 1 N–H and O–H groups in total. The first-order chi connectivity index (χ1) is 9.37. The molecule has 20 heavy (non-hydrogen) atoms. The topological polar surface area (TPSA) is 24.5 Å². The van der Waals surface area contributed by atoms with Gasteiger partial charge in [0.25, 0.3) is 0 Å². The minimum Gasteiger partial charge on any atom is -0.381 e. The lowest BCUT2D eigenvalue weighted by Gasteiger charge is -2.35. The SMILES string of the molecule is CC(C)NCCCOCC1CCN(CC(C)(C)C)CC1. The van der Waals surface area contributed by atoms with Gasteiger partial charge in [0.05, 0.1) is 0 Å².